The van der Waals surface area contributed by atoms with Gasteiger partial charge < -0.3 is 0 Å². The number of allylic oxidation sites excluding steroid dienone is 1. The summed E-state index contributed by atoms with van der Waals surface area (Å²) >= 11 is 0. The van der Waals surface area contributed by atoms with Crippen molar-refractivity contribution in [2.45, 2.75) is 0 Å². The zero-order valence-electron chi connectivity index (χ0n) is 5.26. The van der Waals surface area contributed by atoms with Gasteiger partial charge in [0.05, 0.1) is 33.7 Å². The van der Waals surface area contributed by atoms with Gasteiger partial charge >= 0.3 is 0 Å². The van der Waals surface area contributed by atoms with Crippen LogP contribution in [0.5, 0.6) is 0 Å². The molecule has 0 bridgehead atoms. The second-order valence-electron chi connectivity index (χ2n) is 2.18. The second-order valence-corrected chi connectivity index (χ2v) is 3.47. The van der Waals surface area contributed by atoms with Crippen LogP contribution in [0.3, 0.4) is 0 Å². The molecule has 52 valence electrons. The van der Waals surface area contributed by atoms with E-state index in [4.69, 9.17) is 0 Å². The van der Waals surface area contributed by atoms with Crippen molar-refractivity contribution < 1.29 is 9.20 Å². The summed E-state index contributed by atoms with van der Waals surface area (Å²) in [5, 5.41) is 4.71. The average molecular weight is 155 g/mol. The van der Waals surface area contributed by atoms with Crippen molar-refractivity contribution in [1.82, 2.24) is 5.32 Å². The Bertz CT molecular complexity index is 277. The molecule has 0 saturated carbocycles. The van der Waals surface area contributed by atoms with Gasteiger partial charge in [0.1, 0.15) is 5.70 Å². The van der Waals surface area contributed by atoms with E-state index in [1.807, 2.05) is 6.20 Å². The highest BCUT2D eigenvalue weighted by atomic mass is 32.2. The molecule has 0 spiro atoms. The third-order valence-electron chi connectivity index (χ3n) is 1.46. The molecule has 4 heteroatoms. The molecule has 10 heavy (non-hydrogen) atoms. The number of hydrogen-bond acceptors (Lipinski definition) is 2. The molecule has 1 atom stereocenters. The maximum Gasteiger partial charge on any atom is 0.239 e. The largest absolute Gasteiger partial charge is 0.254 e. The van der Waals surface area contributed by atoms with E-state index in [-0.39, 0.29) is 0 Å². The van der Waals surface area contributed by atoms with Crippen LogP contribution < -0.4 is 10.3 Å². The molecule has 2 N–H and O–H groups in total. The van der Waals surface area contributed by atoms with E-state index < -0.39 is 10.8 Å². The Morgan fingerprint density at radius 2 is 2.60 bits per heavy atom. The zero-order chi connectivity index (χ0) is 6.97. The van der Waals surface area contributed by atoms with Crippen LogP contribution in [0.2, 0.25) is 0 Å². The van der Waals surface area contributed by atoms with Crippen molar-refractivity contribution >= 4 is 17.1 Å². The third-order valence-corrected chi connectivity index (χ3v) is 2.56. The number of nitrogens with one attached hydrogen (secondary N) is 2. The molecular formula is C6H7N2OS+. The highest BCUT2D eigenvalue weighted by Gasteiger charge is 2.21. The first kappa shape index (κ1) is 5.85. The maximum atomic E-state index is 10.9. The summed E-state index contributed by atoms with van der Waals surface area (Å²) in [6, 6.07) is 0. The molecule has 0 aromatic rings. The molecule has 2 aliphatic heterocycles. The lowest BCUT2D eigenvalue weighted by molar-refractivity contribution is -0.371. The van der Waals surface area contributed by atoms with Crippen molar-refractivity contribution in [3.8, 4) is 0 Å². The van der Waals surface area contributed by atoms with Gasteiger partial charge in [-0.25, -0.2) is 5.32 Å². The van der Waals surface area contributed by atoms with Gasteiger partial charge in [0.2, 0.25) is 6.34 Å². The first-order chi connectivity index (χ1) is 4.86. The predicted octanol–water partition coefficient (Wildman–Crippen LogP) is -1.81. The van der Waals surface area contributed by atoms with E-state index >= 15 is 0 Å². The summed E-state index contributed by atoms with van der Waals surface area (Å²) in [4.78, 5) is 2.90. The van der Waals surface area contributed by atoms with E-state index in [9.17, 15) is 4.21 Å². The second kappa shape index (κ2) is 2.05. The Morgan fingerprint density at radius 1 is 1.70 bits per heavy atom. The lowest BCUT2D eigenvalue weighted by Crippen LogP contribution is -2.66. The van der Waals surface area contributed by atoms with Crippen LogP contribution in [0.4, 0.5) is 0 Å². The van der Waals surface area contributed by atoms with Crippen LogP contribution >= 0.6 is 0 Å². The minimum Gasteiger partial charge on any atom is -0.254 e. The van der Waals surface area contributed by atoms with E-state index in [2.05, 4.69) is 10.3 Å². The summed E-state index contributed by atoms with van der Waals surface area (Å²) in [7, 11) is -0.796. The molecule has 0 aliphatic carbocycles. The standard InChI is InChI=1S/C6H6N2OS/c9-10-2-5-1-7-4-8-6(5)3-10/h1,3-4H,2H2,(H,7,8)/p+1. The molecule has 2 aliphatic rings. The molecular weight excluding hydrogens is 148 g/mol. The van der Waals surface area contributed by atoms with Gasteiger partial charge in [-0.05, 0) is 0 Å². The summed E-state index contributed by atoms with van der Waals surface area (Å²) in [5.74, 6) is 0.642. The van der Waals surface area contributed by atoms with E-state index in [0.29, 0.717) is 5.75 Å². The Morgan fingerprint density at radius 3 is 3.40 bits per heavy atom. The maximum absolute atomic E-state index is 10.9. The van der Waals surface area contributed by atoms with Crippen molar-refractivity contribution in [3.05, 3.63) is 22.9 Å². The van der Waals surface area contributed by atoms with Gasteiger partial charge in [-0.3, -0.25) is 9.20 Å². The van der Waals surface area contributed by atoms with E-state index in [0.717, 1.165) is 11.3 Å². The highest BCUT2D eigenvalue weighted by molar-refractivity contribution is 7.88. The number of hydrogen-bond donors (Lipinski definition) is 2. The molecule has 0 radical (unpaired) electrons. The third kappa shape index (κ3) is 0.806. The molecule has 0 saturated heterocycles. The summed E-state index contributed by atoms with van der Waals surface area (Å²) in [6.07, 6.45) is 3.59. The van der Waals surface area contributed by atoms with Gasteiger partial charge in [0.25, 0.3) is 0 Å². The van der Waals surface area contributed by atoms with Gasteiger partial charge in [-0.1, -0.05) is 0 Å². The van der Waals surface area contributed by atoms with E-state index in [1.165, 1.54) is 0 Å². The van der Waals surface area contributed by atoms with Crippen molar-refractivity contribution in [3.63, 3.8) is 0 Å². The van der Waals surface area contributed by atoms with Crippen LogP contribution in [0.1, 0.15) is 0 Å². The minimum atomic E-state index is -0.796. The van der Waals surface area contributed by atoms with E-state index in [1.54, 1.807) is 11.7 Å². The molecule has 2 rings (SSSR count). The molecule has 2 heterocycles. The van der Waals surface area contributed by atoms with Crippen molar-refractivity contribution in [1.29, 1.82) is 0 Å². The molecule has 3 nitrogen and oxygen atoms in total. The average Bonchev–Trinajstić information content (AvgIpc) is 2.27. The smallest absolute Gasteiger partial charge is 0.239 e. The van der Waals surface area contributed by atoms with Crippen molar-refractivity contribution in [2.24, 2.45) is 0 Å². The van der Waals surface area contributed by atoms with Crippen LogP contribution in [0, 0.1) is 0 Å². The molecule has 0 aromatic carbocycles. The SMILES string of the molecule is O=S1C=C2NC=[NH+]C=C2C1. The van der Waals surface area contributed by atoms with Crippen LogP contribution in [-0.2, 0) is 10.8 Å². The Hall–Kier alpha value is -0.900. The summed E-state index contributed by atoms with van der Waals surface area (Å²) < 4.78 is 10.9. The number of fused-ring (bicyclic) bond motifs is 1. The lowest BCUT2D eigenvalue weighted by Gasteiger charge is -1.98. The minimum absolute atomic E-state index is 0.642. The Kier molecular flexibility index (Phi) is 1.20. The predicted molar refractivity (Wildman–Crippen MR) is 39.3 cm³/mol. The molecule has 1 unspecified atom stereocenters. The van der Waals surface area contributed by atoms with Crippen LogP contribution in [0.15, 0.2) is 22.9 Å². The van der Waals surface area contributed by atoms with Gasteiger partial charge in [-0.15, -0.1) is 0 Å². The first-order valence-corrected chi connectivity index (χ1v) is 4.37. The van der Waals surface area contributed by atoms with Crippen molar-refractivity contribution in [2.75, 3.05) is 5.75 Å². The fraction of sp³-hybridized carbons (Fsp3) is 0.167. The monoisotopic (exact) mass is 155 g/mol. The van der Waals surface area contributed by atoms with Gasteiger partial charge in [0.15, 0.2) is 0 Å². The first-order valence-electron chi connectivity index (χ1n) is 2.99. The number of rotatable bonds is 0. The fourth-order valence-corrected chi connectivity index (χ4v) is 2.10. The summed E-state index contributed by atoms with van der Waals surface area (Å²) in [6.45, 7) is 0. The van der Waals surface area contributed by atoms with Gasteiger partial charge in [-0.2, -0.15) is 0 Å². The van der Waals surface area contributed by atoms with Crippen LogP contribution in [-0.4, -0.2) is 16.3 Å². The quantitative estimate of drug-likeness (QED) is 0.433. The topological polar surface area (TPSA) is 43.1 Å². The summed E-state index contributed by atoms with van der Waals surface area (Å²) in [5.41, 5.74) is 2.08. The fourth-order valence-electron chi connectivity index (χ4n) is 0.988. The Balaban J connectivity index is 2.41. The molecule has 0 amide bonds. The van der Waals surface area contributed by atoms with Gasteiger partial charge in [0, 0.05) is 0 Å². The molecule has 0 fully saturated rings. The lowest BCUT2D eigenvalue weighted by atomic mass is 10.2. The normalized spacial score (nSPS) is 28.6. The zero-order valence-corrected chi connectivity index (χ0v) is 6.07. The Labute approximate surface area is 61.0 Å². The molecule has 0 aromatic heterocycles. The highest BCUT2D eigenvalue weighted by Crippen LogP contribution is 2.16. The van der Waals surface area contributed by atoms with Crippen LogP contribution in [0.25, 0.3) is 0 Å².